The van der Waals surface area contributed by atoms with Crippen molar-refractivity contribution in [3.05, 3.63) is 12.4 Å². The number of carbonyl (C=O) groups is 1. The molecule has 2 rings (SSSR count). The van der Waals surface area contributed by atoms with Gasteiger partial charge < -0.3 is 19.3 Å². The average molecular weight is 308 g/mol. The maximum Gasteiger partial charge on any atom is 0.410 e. The van der Waals surface area contributed by atoms with Gasteiger partial charge in [0.05, 0.1) is 7.11 Å². The highest BCUT2D eigenvalue weighted by atomic mass is 16.6. The van der Waals surface area contributed by atoms with Gasteiger partial charge in [0.2, 0.25) is 5.88 Å². The zero-order chi connectivity index (χ0) is 16.3. The molecule has 0 aromatic carbocycles. The summed E-state index contributed by atoms with van der Waals surface area (Å²) in [5.74, 6) is 1.34. The van der Waals surface area contributed by atoms with Gasteiger partial charge in [-0.3, -0.25) is 0 Å². The molecular formula is C15H24N4O3. The predicted octanol–water partition coefficient (Wildman–Crippen LogP) is 1.93. The van der Waals surface area contributed by atoms with Crippen LogP contribution in [0.4, 0.5) is 10.6 Å². The molecule has 1 aromatic rings. The van der Waals surface area contributed by atoms with Crippen molar-refractivity contribution in [1.29, 1.82) is 0 Å². The van der Waals surface area contributed by atoms with Crippen molar-refractivity contribution in [2.75, 3.05) is 31.6 Å². The number of methoxy groups -OCH3 is 1. The summed E-state index contributed by atoms with van der Waals surface area (Å²) in [5, 5.41) is 0. The van der Waals surface area contributed by atoms with Crippen molar-refractivity contribution < 1.29 is 14.3 Å². The van der Waals surface area contributed by atoms with Gasteiger partial charge in [-0.25, -0.2) is 14.8 Å². The molecule has 1 aromatic heterocycles. The van der Waals surface area contributed by atoms with E-state index in [0.29, 0.717) is 25.5 Å². The molecule has 1 amide bonds. The van der Waals surface area contributed by atoms with E-state index in [0.717, 1.165) is 5.82 Å². The lowest BCUT2D eigenvalue weighted by molar-refractivity contribution is 0.0158. The Morgan fingerprint density at radius 1 is 1.32 bits per heavy atom. The van der Waals surface area contributed by atoms with Gasteiger partial charge in [0.15, 0.2) is 0 Å². The van der Waals surface area contributed by atoms with Crippen molar-refractivity contribution in [2.45, 2.75) is 39.3 Å². The van der Waals surface area contributed by atoms with E-state index in [2.05, 4.69) is 14.9 Å². The third-order valence-electron chi connectivity index (χ3n) is 3.42. The van der Waals surface area contributed by atoms with Crippen LogP contribution in [-0.2, 0) is 4.74 Å². The van der Waals surface area contributed by atoms with Crippen LogP contribution in [0.5, 0.6) is 5.88 Å². The van der Waals surface area contributed by atoms with Crippen molar-refractivity contribution in [2.24, 2.45) is 0 Å². The first kappa shape index (κ1) is 16.3. The van der Waals surface area contributed by atoms with Crippen LogP contribution in [0.15, 0.2) is 12.4 Å². The molecule has 0 aliphatic carbocycles. The maximum atomic E-state index is 12.2. The number of aromatic nitrogens is 2. The predicted molar refractivity (Wildman–Crippen MR) is 83.2 cm³/mol. The molecule has 7 heteroatoms. The van der Waals surface area contributed by atoms with E-state index in [1.54, 1.807) is 18.1 Å². The van der Waals surface area contributed by atoms with Crippen LogP contribution in [0.3, 0.4) is 0 Å². The second-order valence-corrected chi connectivity index (χ2v) is 6.39. The summed E-state index contributed by atoms with van der Waals surface area (Å²) in [7, 11) is 1.58. The second-order valence-electron chi connectivity index (χ2n) is 6.39. The molecule has 1 aliphatic heterocycles. The zero-order valence-corrected chi connectivity index (χ0v) is 13.9. The van der Waals surface area contributed by atoms with Gasteiger partial charge in [-0.15, -0.1) is 0 Å². The van der Waals surface area contributed by atoms with Crippen LogP contribution in [-0.4, -0.2) is 59.3 Å². The van der Waals surface area contributed by atoms with Gasteiger partial charge in [-0.1, -0.05) is 0 Å². The molecule has 1 fully saturated rings. The first-order chi connectivity index (χ1) is 10.3. The highest BCUT2D eigenvalue weighted by Gasteiger charge is 2.31. The minimum atomic E-state index is -0.478. The Labute approximate surface area is 131 Å². The molecule has 1 atom stereocenters. The second kappa shape index (κ2) is 6.37. The Bertz CT molecular complexity index is 530. The molecule has 1 saturated heterocycles. The molecule has 0 bridgehead atoms. The molecule has 0 radical (unpaired) electrons. The minimum absolute atomic E-state index is 0.0459. The van der Waals surface area contributed by atoms with Gasteiger partial charge in [0.1, 0.15) is 17.7 Å². The van der Waals surface area contributed by atoms with E-state index in [9.17, 15) is 4.79 Å². The fourth-order valence-electron chi connectivity index (χ4n) is 2.37. The Kier molecular flexibility index (Phi) is 4.73. The fraction of sp³-hybridized carbons (Fsp3) is 0.667. The smallest absolute Gasteiger partial charge is 0.410 e. The number of carbonyl (C=O) groups excluding carboxylic acids is 1. The molecule has 22 heavy (non-hydrogen) atoms. The summed E-state index contributed by atoms with van der Waals surface area (Å²) in [4.78, 5) is 24.4. The van der Waals surface area contributed by atoms with Crippen LogP contribution in [0, 0.1) is 0 Å². The van der Waals surface area contributed by atoms with E-state index in [-0.39, 0.29) is 12.1 Å². The molecule has 1 unspecified atom stereocenters. The number of amides is 1. The Morgan fingerprint density at radius 3 is 2.64 bits per heavy atom. The molecule has 7 nitrogen and oxygen atoms in total. The fourth-order valence-corrected chi connectivity index (χ4v) is 2.37. The summed E-state index contributed by atoms with van der Waals surface area (Å²) >= 11 is 0. The third-order valence-corrected chi connectivity index (χ3v) is 3.42. The van der Waals surface area contributed by atoms with Crippen LogP contribution < -0.4 is 9.64 Å². The molecule has 1 aliphatic rings. The first-order valence-electron chi connectivity index (χ1n) is 7.41. The van der Waals surface area contributed by atoms with E-state index in [4.69, 9.17) is 9.47 Å². The number of ether oxygens (including phenoxy) is 2. The lowest BCUT2D eigenvalue weighted by Crippen LogP contribution is -2.55. The molecule has 0 saturated carbocycles. The van der Waals surface area contributed by atoms with Crippen molar-refractivity contribution in [3.63, 3.8) is 0 Å². The van der Waals surface area contributed by atoms with Crippen molar-refractivity contribution >= 4 is 11.9 Å². The lowest BCUT2D eigenvalue weighted by Gasteiger charge is -2.40. The minimum Gasteiger partial charge on any atom is -0.481 e. The lowest BCUT2D eigenvalue weighted by atomic mass is 10.2. The summed E-state index contributed by atoms with van der Waals surface area (Å²) in [6.07, 6.45) is 1.22. The Morgan fingerprint density at radius 2 is 2.05 bits per heavy atom. The SMILES string of the molecule is COc1cc(N2CCN(C(=O)OC(C)(C)C)C(C)C2)ncn1. The topological polar surface area (TPSA) is 67.8 Å². The van der Waals surface area contributed by atoms with Crippen LogP contribution in [0.1, 0.15) is 27.7 Å². The highest BCUT2D eigenvalue weighted by Crippen LogP contribution is 2.21. The summed E-state index contributed by atoms with van der Waals surface area (Å²) in [6.45, 7) is 9.62. The summed E-state index contributed by atoms with van der Waals surface area (Å²) in [5.41, 5.74) is -0.478. The van der Waals surface area contributed by atoms with Gasteiger partial charge in [-0.05, 0) is 27.7 Å². The molecule has 122 valence electrons. The average Bonchev–Trinajstić information content (AvgIpc) is 2.45. The number of hydrogen-bond donors (Lipinski definition) is 0. The van der Waals surface area contributed by atoms with E-state index >= 15 is 0 Å². The maximum absolute atomic E-state index is 12.2. The van der Waals surface area contributed by atoms with Gasteiger partial charge in [-0.2, -0.15) is 0 Å². The highest BCUT2D eigenvalue weighted by molar-refractivity contribution is 5.69. The number of anilines is 1. The van der Waals surface area contributed by atoms with E-state index in [1.807, 2.05) is 27.7 Å². The van der Waals surface area contributed by atoms with Gasteiger partial charge in [0, 0.05) is 31.7 Å². The summed E-state index contributed by atoms with van der Waals surface area (Å²) in [6, 6.07) is 1.85. The monoisotopic (exact) mass is 308 g/mol. The van der Waals surface area contributed by atoms with Crippen LogP contribution >= 0.6 is 0 Å². The largest absolute Gasteiger partial charge is 0.481 e. The van der Waals surface area contributed by atoms with Crippen LogP contribution in [0.2, 0.25) is 0 Å². The quantitative estimate of drug-likeness (QED) is 0.831. The number of rotatable bonds is 2. The van der Waals surface area contributed by atoms with E-state index < -0.39 is 5.60 Å². The number of nitrogens with zero attached hydrogens (tertiary/aromatic N) is 4. The van der Waals surface area contributed by atoms with Gasteiger partial charge in [0.25, 0.3) is 0 Å². The summed E-state index contributed by atoms with van der Waals surface area (Å²) < 4.78 is 10.6. The first-order valence-corrected chi connectivity index (χ1v) is 7.41. The van der Waals surface area contributed by atoms with Crippen molar-refractivity contribution in [1.82, 2.24) is 14.9 Å². The normalized spacial score (nSPS) is 19.0. The zero-order valence-electron chi connectivity index (χ0n) is 13.9. The Hall–Kier alpha value is -2.05. The number of hydrogen-bond acceptors (Lipinski definition) is 6. The third kappa shape index (κ3) is 3.99. The molecule has 0 spiro atoms. The molecule has 2 heterocycles. The van der Waals surface area contributed by atoms with E-state index in [1.165, 1.54) is 6.33 Å². The van der Waals surface area contributed by atoms with Crippen molar-refractivity contribution in [3.8, 4) is 5.88 Å². The van der Waals surface area contributed by atoms with Crippen LogP contribution in [0.25, 0.3) is 0 Å². The number of piperazine rings is 1. The molecular weight excluding hydrogens is 284 g/mol. The standard InChI is InChI=1S/C15H24N4O3/c1-11-9-18(12-8-13(21-5)17-10-16-12)6-7-19(11)14(20)22-15(2,3)4/h8,10-11H,6-7,9H2,1-5H3. The van der Waals surface area contributed by atoms with Gasteiger partial charge >= 0.3 is 6.09 Å². The molecule has 0 N–H and O–H groups in total. The Balaban J connectivity index is 2.01.